The first-order valence-electron chi connectivity index (χ1n) is 5.13. The average Bonchev–Trinajstić information content (AvgIpc) is 2.70. The lowest BCUT2D eigenvalue weighted by Crippen LogP contribution is -2.26. The lowest BCUT2D eigenvalue weighted by Gasteiger charge is -2.17. The molecule has 7 heteroatoms. The summed E-state index contributed by atoms with van der Waals surface area (Å²) in [6.07, 6.45) is 1.84. The van der Waals surface area contributed by atoms with Crippen LogP contribution in [0.3, 0.4) is 0 Å². The summed E-state index contributed by atoms with van der Waals surface area (Å²) in [4.78, 5) is 21.5. The maximum absolute atomic E-state index is 11.8. The van der Waals surface area contributed by atoms with Gasteiger partial charge in [-0.1, -0.05) is 0 Å². The molecule has 1 aliphatic rings. The van der Waals surface area contributed by atoms with Gasteiger partial charge in [0.1, 0.15) is 4.60 Å². The summed E-state index contributed by atoms with van der Waals surface area (Å²) >= 11 is 3.19. The number of carbonyl (C=O) groups is 1. The van der Waals surface area contributed by atoms with Crippen molar-refractivity contribution in [2.75, 3.05) is 25.2 Å². The lowest BCUT2D eigenvalue weighted by molar-refractivity contribution is -0.117. The minimum Gasteiger partial charge on any atom is -0.478 e. The molecule has 1 amide bonds. The van der Waals surface area contributed by atoms with Crippen LogP contribution in [0.5, 0.6) is 5.88 Å². The van der Waals surface area contributed by atoms with Crippen LogP contribution in [0.15, 0.2) is 10.8 Å². The quantitative estimate of drug-likeness (QED) is 0.884. The van der Waals surface area contributed by atoms with Gasteiger partial charge in [-0.2, -0.15) is 0 Å². The Bertz CT molecular complexity index is 441. The van der Waals surface area contributed by atoms with Crippen LogP contribution in [-0.4, -0.2) is 41.2 Å². The molecule has 1 aliphatic heterocycles. The van der Waals surface area contributed by atoms with Gasteiger partial charge in [0.15, 0.2) is 5.82 Å². The van der Waals surface area contributed by atoms with Crippen LogP contribution in [0, 0.1) is 5.92 Å². The van der Waals surface area contributed by atoms with Crippen molar-refractivity contribution in [3.05, 3.63) is 10.8 Å². The topological polar surface area (TPSA) is 75.6 Å². The maximum atomic E-state index is 11.8. The van der Waals surface area contributed by atoms with Gasteiger partial charge in [0, 0.05) is 25.5 Å². The molecule has 1 aromatic rings. The highest BCUT2D eigenvalue weighted by atomic mass is 79.9. The molecule has 1 atom stereocenters. The second-order valence-corrected chi connectivity index (χ2v) is 4.60. The number of methoxy groups -OCH3 is 1. The van der Waals surface area contributed by atoms with Crippen molar-refractivity contribution in [1.29, 1.82) is 0 Å². The number of amides is 1. The molecule has 2 rings (SSSR count). The molecule has 6 nitrogen and oxygen atoms in total. The van der Waals surface area contributed by atoms with E-state index in [0.717, 1.165) is 0 Å². The van der Waals surface area contributed by atoms with E-state index in [2.05, 4.69) is 25.9 Å². The van der Waals surface area contributed by atoms with E-state index < -0.39 is 0 Å². The van der Waals surface area contributed by atoms with Crippen LogP contribution in [-0.2, 0) is 4.79 Å². The molecule has 17 heavy (non-hydrogen) atoms. The Morgan fingerprint density at radius 2 is 2.47 bits per heavy atom. The van der Waals surface area contributed by atoms with Crippen LogP contribution in [0.4, 0.5) is 5.82 Å². The molecule has 0 bridgehead atoms. The summed E-state index contributed by atoms with van der Waals surface area (Å²) in [6, 6.07) is 0. The summed E-state index contributed by atoms with van der Waals surface area (Å²) in [5.41, 5.74) is 0. The predicted molar refractivity (Wildman–Crippen MR) is 63.8 cm³/mol. The first kappa shape index (κ1) is 12.3. The summed E-state index contributed by atoms with van der Waals surface area (Å²) < 4.78 is 5.64. The Morgan fingerprint density at radius 3 is 3.06 bits per heavy atom. The molecule has 1 unspecified atom stereocenters. The number of hydrogen-bond acceptors (Lipinski definition) is 5. The number of hydrogen-bond donors (Lipinski definition) is 1. The van der Waals surface area contributed by atoms with Crippen molar-refractivity contribution in [3.8, 4) is 5.88 Å². The number of halogens is 1. The Labute approximate surface area is 107 Å². The van der Waals surface area contributed by atoms with Gasteiger partial charge in [-0.05, 0) is 15.9 Å². The zero-order chi connectivity index (χ0) is 12.4. The van der Waals surface area contributed by atoms with E-state index in [1.807, 2.05) is 0 Å². The molecular weight excluding hydrogens is 290 g/mol. The van der Waals surface area contributed by atoms with Gasteiger partial charge in [-0.15, -0.1) is 0 Å². The summed E-state index contributed by atoms with van der Waals surface area (Å²) in [6.45, 7) is 0.441. The van der Waals surface area contributed by atoms with E-state index in [-0.39, 0.29) is 18.4 Å². The van der Waals surface area contributed by atoms with Crippen molar-refractivity contribution in [1.82, 2.24) is 9.97 Å². The second kappa shape index (κ2) is 4.97. The first-order valence-corrected chi connectivity index (χ1v) is 5.92. The fraction of sp³-hybridized carbons (Fsp3) is 0.500. The third-order valence-electron chi connectivity index (χ3n) is 2.61. The number of aromatic nitrogens is 2. The van der Waals surface area contributed by atoms with Crippen LogP contribution in [0.2, 0.25) is 0 Å². The highest BCUT2D eigenvalue weighted by Crippen LogP contribution is 2.30. The van der Waals surface area contributed by atoms with Gasteiger partial charge in [0.2, 0.25) is 5.91 Å². The van der Waals surface area contributed by atoms with E-state index in [9.17, 15) is 4.79 Å². The molecule has 2 heterocycles. The fourth-order valence-corrected chi connectivity index (χ4v) is 2.04. The SMILES string of the molecule is COc1nc(Br)cnc1N1CC(CO)CC1=O. The van der Waals surface area contributed by atoms with Gasteiger partial charge < -0.3 is 9.84 Å². The van der Waals surface area contributed by atoms with E-state index in [1.54, 1.807) is 0 Å². The highest BCUT2D eigenvalue weighted by Gasteiger charge is 2.33. The Hall–Kier alpha value is -1.21. The molecule has 0 radical (unpaired) electrons. The number of aliphatic hydroxyl groups is 1. The van der Waals surface area contributed by atoms with Crippen molar-refractivity contribution < 1.29 is 14.6 Å². The molecule has 1 aromatic heterocycles. The normalized spacial score (nSPS) is 19.8. The first-order chi connectivity index (χ1) is 8.15. The standard InChI is InChI=1S/C10H12BrN3O3/c1-17-10-9(12-3-7(11)13-10)14-4-6(5-15)2-8(14)16/h3,6,15H,2,4-5H2,1H3. The molecule has 1 N–H and O–H groups in total. The van der Waals surface area contributed by atoms with Gasteiger partial charge in [0.05, 0.1) is 13.3 Å². The summed E-state index contributed by atoms with van der Waals surface area (Å²) in [5.74, 6) is 0.583. The van der Waals surface area contributed by atoms with E-state index >= 15 is 0 Å². The predicted octanol–water partition coefficient (Wildman–Crippen LogP) is 0.593. The largest absolute Gasteiger partial charge is 0.478 e. The third kappa shape index (κ3) is 2.39. The van der Waals surface area contributed by atoms with Crippen LogP contribution >= 0.6 is 15.9 Å². The zero-order valence-electron chi connectivity index (χ0n) is 9.26. The molecule has 0 spiro atoms. The molecule has 0 aromatic carbocycles. The molecule has 0 saturated carbocycles. The third-order valence-corrected chi connectivity index (χ3v) is 2.99. The smallest absolute Gasteiger partial charge is 0.258 e. The Morgan fingerprint density at radius 1 is 1.71 bits per heavy atom. The van der Waals surface area contributed by atoms with E-state index in [4.69, 9.17) is 9.84 Å². The van der Waals surface area contributed by atoms with Gasteiger partial charge in [-0.25, -0.2) is 9.97 Å². The van der Waals surface area contributed by atoms with Gasteiger partial charge in [-0.3, -0.25) is 9.69 Å². The van der Waals surface area contributed by atoms with Crippen LogP contribution < -0.4 is 9.64 Å². The number of nitrogens with zero attached hydrogens (tertiary/aromatic N) is 3. The molecule has 0 aliphatic carbocycles. The van der Waals surface area contributed by atoms with Crippen molar-refractivity contribution >= 4 is 27.7 Å². The number of aliphatic hydroxyl groups excluding tert-OH is 1. The minimum absolute atomic E-state index is 0.00544. The number of carbonyl (C=O) groups excluding carboxylic acids is 1. The molecule has 92 valence electrons. The number of ether oxygens (including phenoxy) is 1. The van der Waals surface area contributed by atoms with Crippen LogP contribution in [0.25, 0.3) is 0 Å². The monoisotopic (exact) mass is 301 g/mol. The van der Waals surface area contributed by atoms with Crippen molar-refractivity contribution in [2.24, 2.45) is 5.92 Å². The summed E-state index contributed by atoms with van der Waals surface area (Å²) in [7, 11) is 1.48. The second-order valence-electron chi connectivity index (χ2n) is 3.78. The van der Waals surface area contributed by atoms with E-state index in [0.29, 0.717) is 29.3 Å². The van der Waals surface area contributed by atoms with E-state index in [1.165, 1.54) is 18.2 Å². The average molecular weight is 302 g/mol. The van der Waals surface area contributed by atoms with Crippen LogP contribution in [0.1, 0.15) is 6.42 Å². The molecule has 1 saturated heterocycles. The Balaban J connectivity index is 2.31. The Kier molecular flexibility index (Phi) is 3.58. The minimum atomic E-state index is -0.0704. The number of rotatable bonds is 3. The van der Waals surface area contributed by atoms with Crippen molar-refractivity contribution in [2.45, 2.75) is 6.42 Å². The fourth-order valence-electron chi connectivity index (χ4n) is 1.78. The lowest BCUT2D eigenvalue weighted by atomic mass is 10.1. The van der Waals surface area contributed by atoms with Crippen molar-refractivity contribution in [3.63, 3.8) is 0 Å². The maximum Gasteiger partial charge on any atom is 0.258 e. The number of anilines is 1. The highest BCUT2D eigenvalue weighted by molar-refractivity contribution is 9.10. The molecular formula is C10H12BrN3O3. The molecule has 1 fully saturated rings. The van der Waals surface area contributed by atoms with Gasteiger partial charge >= 0.3 is 0 Å². The van der Waals surface area contributed by atoms with Gasteiger partial charge in [0.25, 0.3) is 5.88 Å². The zero-order valence-corrected chi connectivity index (χ0v) is 10.8. The summed E-state index contributed by atoms with van der Waals surface area (Å²) in [5, 5.41) is 9.07.